The number of alkyl halides is 3. The Labute approximate surface area is 124 Å². The fourth-order valence-corrected chi connectivity index (χ4v) is 1.89. The SMILES string of the molecule is N#Cc1ncccc1CNc1cc(C(F)(F)F)ccc1Cl. The predicted octanol–water partition coefficient (Wildman–Crippen LogP) is 4.24. The number of halogens is 4. The van der Waals surface area contributed by atoms with Crippen LogP contribution in [0.25, 0.3) is 0 Å². The number of hydrogen-bond donors (Lipinski definition) is 1. The van der Waals surface area contributed by atoms with Crippen LogP contribution in [0.3, 0.4) is 0 Å². The molecule has 0 saturated carbocycles. The maximum atomic E-state index is 12.7. The van der Waals surface area contributed by atoms with Crippen LogP contribution in [0.4, 0.5) is 18.9 Å². The van der Waals surface area contributed by atoms with Crippen LogP contribution in [-0.4, -0.2) is 4.98 Å². The minimum Gasteiger partial charge on any atom is -0.380 e. The molecule has 21 heavy (non-hydrogen) atoms. The van der Waals surface area contributed by atoms with E-state index in [4.69, 9.17) is 16.9 Å². The third kappa shape index (κ3) is 3.64. The highest BCUT2D eigenvalue weighted by atomic mass is 35.5. The molecule has 0 aliphatic heterocycles. The van der Waals surface area contributed by atoms with E-state index in [1.807, 2.05) is 6.07 Å². The Hall–Kier alpha value is -2.26. The van der Waals surface area contributed by atoms with Crippen molar-refractivity contribution in [3.63, 3.8) is 0 Å². The molecule has 1 aromatic carbocycles. The molecule has 0 spiro atoms. The number of nitrogens with one attached hydrogen (secondary N) is 1. The molecule has 1 heterocycles. The van der Waals surface area contributed by atoms with Crippen molar-refractivity contribution in [2.24, 2.45) is 0 Å². The average Bonchev–Trinajstić information content (AvgIpc) is 2.45. The molecule has 3 nitrogen and oxygen atoms in total. The topological polar surface area (TPSA) is 48.7 Å². The number of rotatable bonds is 3. The largest absolute Gasteiger partial charge is 0.416 e. The number of aromatic nitrogens is 1. The van der Waals surface area contributed by atoms with Gasteiger partial charge in [0.25, 0.3) is 0 Å². The Balaban J connectivity index is 2.22. The molecule has 0 atom stereocenters. The average molecular weight is 312 g/mol. The second-order valence-corrected chi connectivity index (χ2v) is 4.58. The molecule has 1 N–H and O–H groups in total. The van der Waals surface area contributed by atoms with Gasteiger partial charge in [0.1, 0.15) is 11.8 Å². The minimum atomic E-state index is -4.44. The van der Waals surface area contributed by atoms with Crippen LogP contribution >= 0.6 is 11.6 Å². The fraction of sp³-hybridized carbons (Fsp3) is 0.143. The van der Waals surface area contributed by atoms with Crippen molar-refractivity contribution in [3.05, 3.63) is 58.4 Å². The van der Waals surface area contributed by atoms with E-state index in [9.17, 15) is 13.2 Å². The molecule has 0 bridgehead atoms. The van der Waals surface area contributed by atoms with Gasteiger partial charge in [-0.05, 0) is 24.3 Å². The molecule has 0 fully saturated rings. The van der Waals surface area contributed by atoms with Gasteiger partial charge in [-0.15, -0.1) is 0 Å². The molecular weight excluding hydrogens is 303 g/mol. The van der Waals surface area contributed by atoms with Gasteiger partial charge in [-0.3, -0.25) is 0 Å². The first kappa shape index (κ1) is 15.1. The van der Waals surface area contributed by atoms with Crippen LogP contribution < -0.4 is 5.32 Å². The van der Waals surface area contributed by atoms with Crippen molar-refractivity contribution in [2.45, 2.75) is 12.7 Å². The Morgan fingerprint density at radius 1 is 1.29 bits per heavy atom. The highest BCUT2D eigenvalue weighted by Crippen LogP contribution is 2.33. The maximum Gasteiger partial charge on any atom is 0.416 e. The number of pyridine rings is 1. The van der Waals surface area contributed by atoms with Crippen LogP contribution in [0.15, 0.2) is 36.5 Å². The lowest BCUT2D eigenvalue weighted by molar-refractivity contribution is -0.137. The summed E-state index contributed by atoms with van der Waals surface area (Å²) in [6.45, 7) is 0.151. The summed E-state index contributed by atoms with van der Waals surface area (Å²) >= 11 is 5.88. The lowest BCUT2D eigenvalue weighted by Gasteiger charge is -2.12. The van der Waals surface area contributed by atoms with Crippen molar-refractivity contribution in [2.75, 3.05) is 5.32 Å². The van der Waals surface area contributed by atoms with Crippen molar-refractivity contribution >= 4 is 17.3 Å². The van der Waals surface area contributed by atoms with E-state index in [2.05, 4.69) is 10.3 Å². The minimum absolute atomic E-state index is 0.151. The van der Waals surface area contributed by atoms with E-state index in [0.29, 0.717) is 5.56 Å². The summed E-state index contributed by atoms with van der Waals surface area (Å²) in [5, 5.41) is 11.9. The van der Waals surface area contributed by atoms with Gasteiger partial charge in [-0.2, -0.15) is 18.4 Å². The van der Waals surface area contributed by atoms with Gasteiger partial charge in [0.15, 0.2) is 0 Å². The summed E-state index contributed by atoms with van der Waals surface area (Å²) in [6, 6.07) is 8.26. The zero-order chi connectivity index (χ0) is 15.5. The number of nitrogens with zero attached hydrogens (tertiary/aromatic N) is 2. The van der Waals surface area contributed by atoms with E-state index in [-0.39, 0.29) is 22.9 Å². The van der Waals surface area contributed by atoms with E-state index < -0.39 is 11.7 Å². The summed E-state index contributed by atoms with van der Waals surface area (Å²) in [7, 11) is 0. The number of nitriles is 1. The predicted molar refractivity (Wildman–Crippen MR) is 72.7 cm³/mol. The highest BCUT2D eigenvalue weighted by molar-refractivity contribution is 6.33. The number of hydrogen-bond acceptors (Lipinski definition) is 3. The summed E-state index contributed by atoms with van der Waals surface area (Å²) < 4.78 is 38.0. The normalized spacial score (nSPS) is 11.0. The van der Waals surface area contributed by atoms with Crippen molar-refractivity contribution < 1.29 is 13.2 Å². The van der Waals surface area contributed by atoms with Crippen LogP contribution in [0.2, 0.25) is 5.02 Å². The standard InChI is InChI=1S/C14H9ClF3N3/c15-11-4-3-10(14(16,17)18)6-12(11)21-8-9-2-1-5-20-13(9)7-19/h1-6,21H,8H2. The first-order valence-electron chi connectivity index (χ1n) is 5.86. The van der Waals surface area contributed by atoms with E-state index in [0.717, 1.165) is 12.1 Å². The van der Waals surface area contributed by atoms with Crippen LogP contribution in [-0.2, 0) is 12.7 Å². The zero-order valence-electron chi connectivity index (χ0n) is 10.6. The summed E-state index contributed by atoms with van der Waals surface area (Å²) in [6.07, 6.45) is -2.97. The van der Waals surface area contributed by atoms with Gasteiger partial charge < -0.3 is 5.32 Å². The molecule has 0 radical (unpaired) electrons. The van der Waals surface area contributed by atoms with Gasteiger partial charge >= 0.3 is 6.18 Å². The lowest BCUT2D eigenvalue weighted by atomic mass is 10.1. The molecule has 0 amide bonds. The Kier molecular flexibility index (Phi) is 4.34. The van der Waals surface area contributed by atoms with Crippen molar-refractivity contribution in [3.8, 4) is 6.07 Å². The molecule has 1 aromatic heterocycles. The molecule has 108 valence electrons. The molecule has 0 unspecified atom stereocenters. The Bertz CT molecular complexity index is 693. The van der Waals surface area contributed by atoms with Gasteiger partial charge in [0.2, 0.25) is 0 Å². The Morgan fingerprint density at radius 3 is 2.71 bits per heavy atom. The molecule has 2 rings (SSSR count). The van der Waals surface area contributed by atoms with Crippen molar-refractivity contribution in [1.29, 1.82) is 5.26 Å². The number of anilines is 1. The molecule has 0 aliphatic carbocycles. The van der Waals surface area contributed by atoms with Crippen LogP contribution in [0.1, 0.15) is 16.8 Å². The summed E-state index contributed by atoms with van der Waals surface area (Å²) in [5.41, 5.74) is 0.155. The molecule has 0 saturated heterocycles. The molecular formula is C14H9ClF3N3. The third-order valence-corrected chi connectivity index (χ3v) is 3.09. The van der Waals surface area contributed by atoms with Crippen LogP contribution in [0.5, 0.6) is 0 Å². The summed E-state index contributed by atoms with van der Waals surface area (Å²) in [4.78, 5) is 3.87. The van der Waals surface area contributed by atoms with Gasteiger partial charge in [0, 0.05) is 18.3 Å². The maximum absolute atomic E-state index is 12.7. The second-order valence-electron chi connectivity index (χ2n) is 4.17. The lowest BCUT2D eigenvalue weighted by Crippen LogP contribution is -2.07. The second kappa shape index (κ2) is 6.02. The fourth-order valence-electron chi connectivity index (χ4n) is 1.71. The monoisotopic (exact) mass is 311 g/mol. The summed E-state index contributed by atoms with van der Waals surface area (Å²) in [5.74, 6) is 0. The van der Waals surface area contributed by atoms with Gasteiger partial charge in [-0.1, -0.05) is 17.7 Å². The van der Waals surface area contributed by atoms with Crippen molar-refractivity contribution in [1.82, 2.24) is 4.98 Å². The highest BCUT2D eigenvalue weighted by Gasteiger charge is 2.30. The van der Waals surface area contributed by atoms with Crippen LogP contribution in [0, 0.1) is 11.3 Å². The van der Waals surface area contributed by atoms with Gasteiger partial charge in [0.05, 0.1) is 16.3 Å². The molecule has 2 aromatic rings. The molecule has 0 aliphatic rings. The Morgan fingerprint density at radius 2 is 2.05 bits per heavy atom. The van der Waals surface area contributed by atoms with E-state index >= 15 is 0 Å². The molecule has 7 heteroatoms. The quantitative estimate of drug-likeness (QED) is 0.922. The first-order chi connectivity index (χ1) is 9.91. The smallest absolute Gasteiger partial charge is 0.380 e. The van der Waals surface area contributed by atoms with E-state index in [1.165, 1.54) is 12.3 Å². The first-order valence-corrected chi connectivity index (χ1v) is 6.24. The third-order valence-electron chi connectivity index (χ3n) is 2.76. The van der Waals surface area contributed by atoms with E-state index in [1.54, 1.807) is 12.1 Å². The van der Waals surface area contributed by atoms with Gasteiger partial charge in [-0.25, -0.2) is 4.98 Å². The zero-order valence-corrected chi connectivity index (χ0v) is 11.3. The number of benzene rings is 1.